The van der Waals surface area contributed by atoms with E-state index in [0.29, 0.717) is 50.1 Å². The lowest BCUT2D eigenvalue weighted by Crippen LogP contribution is -2.81. The number of carbonyl (C=O) groups excluding carboxylic acids is 3. The van der Waals surface area contributed by atoms with Crippen LogP contribution in [0, 0.1) is 11.3 Å². The van der Waals surface area contributed by atoms with Gasteiger partial charge in [-0.2, -0.15) is 0 Å². The zero-order valence-electron chi connectivity index (χ0n) is 40.6. The SMILES string of the molecule is CC[C@]12C=CCN3CC[C@@]4(c5cc([C@]6(C(=O)OC)C[C@@H]7CN(CCc8c6[nH]c6ccccc86)C[C@@](C)(O[Si](C)(C)C(C)(C)C)C7)c(OC)cc5N(C)[C@H]4[C@@](O)(C(=O)OC)[C@@H]1OC(C)=O)[C@@H]32. The molecule has 2 N–H and O–H groups in total. The van der Waals surface area contributed by atoms with Crippen LogP contribution in [0.15, 0.2) is 48.6 Å². The highest BCUT2D eigenvalue weighted by molar-refractivity contribution is 6.74. The number of esters is 3. The van der Waals surface area contributed by atoms with E-state index in [9.17, 15) is 14.7 Å². The minimum absolute atomic E-state index is 0.00306. The number of methoxy groups -OCH3 is 3. The Morgan fingerprint density at radius 1 is 0.985 bits per heavy atom. The molecule has 5 aliphatic heterocycles. The number of ether oxygens (including phenoxy) is 4. The number of nitrogens with one attached hydrogen (secondary N) is 1. The van der Waals surface area contributed by atoms with Gasteiger partial charge in [-0.25, -0.2) is 4.79 Å². The molecule has 352 valence electrons. The molecule has 1 aliphatic carbocycles. The van der Waals surface area contributed by atoms with E-state index in [4.69, 9.17) is 23.4 Å². The Morgan fingerprint density at radius 2 is 1.71 bits per heavy atom. The van der Waals surface area contributed by atoms with Crippen LogP contribution < -0.4 is 9.64 Å². The van der Waals surface area contributed by atoms with E-state index in [0.717, 1.165) is 59.5 Å². The van der Waals surface area contributed by atoms with Gasteiger partial charge >= 0.3 is 17.9 Å². The first kappa shape index (κ1) is 45.9. The van der Waals surface area contributed by atoms with E-state index in [1.54, 1.807) is 7.11 Å². The first-order chi connectivity index (χ1) is 30.6. The number of aromatic nitrogens is 1. The second-order valence-electron chi connectivity index (χ2n) is 21.9. The number of aromatic amines is 1. The second kappa shape index (κ2) is 15.4. The maximum atomic E-state index is 15.7. The molecule has 2 bridgehead atoms. The number of aliphatic hydroxyl groups is 1. The molecule has 14 heteroatoms. The van der Waals surface area contributed by atoms with Crippen molar-refractivity contribution in [1.82, 2.24) is 14.8 Å². The zero-order chi connectivity index (χ0) is 46.9. The van der Waals surface area contributed by atoms with Gasteiger partial charge in [0, 0.05) is 90.9 Å². The van der Waals surface area contributed by atoms with Gasteiger partial charge in [0.25, 0.3) is 0 Å². The molecule has 1 saturated carbocycles. The van der Waals surface area contributed by atoms with E-state index in [2.05, 4.69) is 92.0 Å². The fraction of sp³-hybridized carbons (Fsp3) is 0.627. The van der Waals surface area contributed by atoms with E-state index in [1.807, 2.05) is 31.0 Å². The van der Waals surface area contributed by atoms with Crippen molar-refractivity contribution in [1.29, 1.82) is 0 Å². The minimum atomic E-state index is -2.30. The Morgan fingerprint density at radius 3 is 2.37 bits per heavy atom. The number of fused-ring (bicyclic) bond motifs is 6. The number of benzene rings is 2. The van der Waals surface area contributed by atoms with Crippen molar-refractivity contribution in [3.8, 4) is 5.75 Å². The zero-order valence-corrected chi connectivity index (χ0v) is 41.6. The number of para-hydroxylation sites is 1. The summed E-state index contributed by atoms with van der Waals surface area (Å²) in [5.74, 6) is -1.35. The highest BCUT2D eigenvalue weighted by Gasteiger charge is 2.80. The van der Waals surface area contributed by atoms with Crippen molar-refractivity contribution in [3.63, 3.8) is 0 Å². The van der Waals surface area contributed by atoms with Crippen molar-refractivity contribution >= 4 is 42.8 Å². The van der Waals surface area contributed by atoms with Gasteiger partial charge < -0.3 is 38.4 Å². The molecule has 0 amide bonds. The lowest BCUT2D eigenvalue weighted by atomic mass is 9.47. The first-order valence-electron chi connectivity index (χ1n) is 23.6. The number of hydrogen-bond acceptors (Lipinski definition) is 12. The second-order valence-corrected chi connectivity index (χ2v) is 26.7. The van der Waals surface area contributed by atoms with Crippen LogP contribution in [0.3, 0.4) is 0 Å². The Labute approximate surface area is 385 Å². The minimum Gasteiger partial charge on any atom is -0.496 e. The average molecular weight is 911 g/mol. The third-order valence-electron chi connectivity index (χ3n) is 17.3. The normalized spacial score (nSPS) is 35.2. The predicted molar refractivity (Wildman–Crippen MR) is 252 cm³/mol. The molecule has 2 saturated heterocycles. The molecule has 1 spiro atoms. The first-order valence-corrected chi connectivity index (χ1v) is 26.5. The van der Waals surface area contributed by atoms with Gasteiger partial charge in [-0.3, -0.25) is 19.4 Å². The molecule has 9 rings (SSSR count). The Bertz CT molecular complexity index is 2460. The van der Waals surface area contributed by atoms with Gasteiger partial charge in [0.15, 0.2) is 14.4 Å². The van der Waals surface area contributed by atoms with Gasteiger partial charge in [0.2, 0.25) is 5.60 Å². The number of anilines is 1. The van der Waals surface area contributed by atoms with Crippen LogP contribution in [0.4, 0.5) is 5.69 Å². The van der Waals surface area contributed by atoms with E-state index >= 15 is 4.79 Å². The van der Waals surface area contributed by atoms with Crippen molar-refractivity contribution in [2.24, 2.45) is 11.3 Å². The molecule has 0 radical (unpaired) electrons. The summed E-state index contributed by atoms with van der Waals surface area (Å²) in [6, 6.07) is 11.2. The summed E-state index contributed by atoms with van der Waals surface area (Å²) in [6.07, 6.45) is 5.79. The van der Waals surface area contributed by atoms with Gasteiger partial charge in [0.1, 0.15) is 11.2 Å². The summed E-state index contributed by atoms with van der Waals surface area (Å²) >= 11 is 0. The molecule has 6 heterocycles. The molecule has 6 aliphatic rings. The summed E-state index contributed by atoms with van der Waals surface area (Å²) in [4.78, 5) is 54.1. The maximum Gasteiger partial charge on any atom is 0.344 e. The number of likely N-dealkylation sites (N-methyl/N-ethyl adjacent to an activating group) is 1. The number of nitrogens with zero attached hydrogens (tertiary/aromatic N) is 3. The summed E-state index contributed by atoms with van der Waals surface area (Å²) in [6.45, 7) is 20.8. The van der Waals surface area contributed by atoms with E-state index in [-0.39, 0.29) is 17.0 Å². The van der Waals surface area contributed by atoms with E-state index in [1.165, 1.54) is 21.1 Å². The lowest BCUT2D eigenvalue weighted by molar-refractivity contribution is -0.228. The van der Waals surface area contributed by atoms with Crippen LogP contribution in [0.5, 0.6) is 5.75 Å². The predicted octanol–water partition coefficient (Wildman–Crippen LogP) is 6.63. The monoisotopic (exact) mass is 910 g/mol. The smallest absolute Gasteiger partial charge is 0.344 e. The molecule has 3 aromatic rings. The van der Waals surface area contributed by atoms with Crippen LogP contribution in [0.25, 0.3) is 10.9 Å². The fourth-order valence-corrected chi connectivity index (χ4v) is 15.9. The Balaban J connectivity index is 1.33. The fourth-order valence-electron chi connectivity index (χ4n) is 14.2. The van der Waals surface area contributed by atoms with Gasteiger partial charge in [0.05, 0.1) is 33.0 Å². The Hall–Kier alpha value is -4.21. The Kier molecular flexibility index (Phi) is 10.9. The van der Waals surface area contributed by atoms with Gasteiger partial charge in [-0.1, -0.05) is 58.0 Å². The summed E-state index contributed by atoms with van der Waals surface area (Å²) < 4.78 is 31.7. The van der Waals surface area contributed by atoms with Crippen LogP contribution in [0.1, 0.15) is 89.6 Å². The highest BCUT2D eigenvalue weighted by Crippen LogP contribution is 2.68. The molecule has 2 aromatic carbocycles. The molecule has 13 nitrogen and oxygen atoms in total. The van der Waals surface area contributed by atoms with Crippen LogP contribution in [0.2, 0.25) is 18.1 Å². The van der Waals surface area contributed by atoms with Gasteiger partial charge in [-0.15, -0.1) is 0 Å². The van der Waals surface area contributed by atoms with Crippen LogP contribution in [-0.4, -0.2) is 137 Å². The topological polar surface area (TPSA) is 143 Å². The van der Waals surface area contributed by atoms with Crippen LogP contribution >= 0.6 is 0 Å². The highest BCUT2D eigenvalue weighted by atomic mass is 28.4. The number of hydrogen-bond donors (Lipinski definition) is 2. The number of rotatable bonds is 8. The maximum absolute atomic E-state index is 15.7. The molecular weight excluding hydrogens is 841 g/mol. The van der Waals surface area contributed by atoms with Gasteiger partial charge in [-0.05, 0) is 92.9 Å². The number of H-pyrrole nitrogens is 1. The molecule has 1 aromatic heterocycles. The van der Waals surface area contributed by atoms with E-state index < -0.39 is 65.8 Å². The molecule has 1 unspecified atom stereocenters. The van der Waals surface area contributed by atoms with Crippen molar-refractivity contribution < 1.29 is 42.9 Å². The number of piperidine rings is 1. The largest absolute Gasteiger partial charge is 0.496 e. The summed E-state index contributed by atoms with van der Waals surface area (Å²) in [5.41, 5.74) is -0.892. The number of carbonyl (C=O) groups is 3. The molecule has 65 heavy (non-hydrogen) atoms. The van der Waals surface area contributed by atoms with Crippen LogP contribution in [-0.2, 0) is 50.3 Å². The summed E-state index contributed by atoms with van der Waals surface area (Å²) in [5, 5.41) is 14.5. The molecule has 10 atom stereocenters. The van der Waals surface area contributed by atoms with Crippen molar-refractivity contribution in [2.75, 3.05) is 66.0 Å². The summed E-state index contributed by atoms with van der Waals surface area (Å²) in [7, 11) is 4.05. The molecule has 3 fully saturated rings. The van der Waals surface area contributed by atoms with Crippen molar-refractivity contribution in [3.05, 3.63) is 70.9 Å². The third-order valence-corrected chi connectivity index (χ3v) is 22.0. The van der Waals surface area contributed by atoms with Crippen molar-refractivity contribution in [2.45, 2.75) is 132 Å². The quantitative estimate of drug-likeness (QED) is 0.108. The third kappa shape index (κ3) is 6.32. The molecular formula is C51H70N4O9Si. The standard InChI is InChI=1S/C51H70N4O9Si/c1-13-48-20-16-22-55-24-21-49(41(48)55)35-25-36(39(60-8)26-38(35)53(7)42(49)51(59,45(58)62-10)43(48)63-31(2)56)50(44(57)61-9)28-32-27-47(6,64-65(11,12)46(3,4)5)30-54(29-32)23-19-34-33-17-14-15-18-37(33)52-40(34)50/h14-18,20,25-26,32,41-43,52,59H,13,19,21-24,27-30H2,1-12H3/t32-,41+,42-,43-,47+,48-,49-,50-,51+/m1/s1. The average Bonchev–Trinajstić information content (AvgIpc) is 3.92. The lowest BCUT2D eigenvalue weighted by Gasteiger charge is -2.63.